The molecule has 2 saturated heterocycles. The Balaban J connectivity index is 1.56. The van der Waals surface area contributed by atoms with Crippen LogP contribution < -0.4 is 5.73 Å². The smallest absolute Gasteiger partial charge is 0.249 e. The first-order chi connectivity index (χ1) is 14.1. The maximum atomic E-state index is 12.9. The molecule has 1 aromatic heterocycles. The van der Waals surface area contributed by atoms with Crippen LogP contribution in [0.25, 0.3) is 0 Å². The van der Waals surface area contributed by atoms with Gasteiger partial charge in [-0.05, 0) is 37.0 Å². The predicted molar refractivity (Wildman–Crippen MR) is 113 cm³/mol. The summed E-state index contributed by atoms with van der Waals surface area (Å²) >= 11 is 0. The normalized spacial score (nSPS) is 24.1. The SMILES string of the molecule is CCOCC(=O)N1C[C@@H]2CN(Cc3cccnc3N)C[C@@H]2[C@@H]1c1ccccc1C. The van der Waals surface area contributed by atoms with Crippen LogP contribution in [0.4, 0.5) is 5.82 Å². The van der Waals surface area contributed by atoms with Crippen molar-refractivity contribution in [1.29, 1.82) is 0 Å². The van der Waals surface area contributed by atoms with Crippen LogP contribution >= 0.6 is 0 Å². The number of anilines is 1. The van der Waals surface area contributed by atoms with Gasteiger partial charge < -0.3 is 15.4 Å². The highest BCUT2D eigenvalue weighted by atomic mass is 16.5. The fraction of sp³-hybridized carbons (Fsp3) is 0.478. The summed E-state index contributed by atoms with van der Waals surface area (Å²) in [4.78, 5) is 21.6. The average molecular weight is 395 g/mol. The molecule has 2 aliphatic rings. The Kier molecular flexibility index (Phi) is 5.83. The molecule has 2 aliphatic heterocycles. The van der Waals surface area contributed by atoms with Crippen molar-refractivity contribution in [3.63, 3.8) is 0 Å². The molecule has 0 aliphatic carbocycles. The van der Waals surface area contributed by atoms with Crippen LogP contribution in [0.2, 0.25) is 0 Å². The number of aryl methyl sites for hydroxylation is 1. The zero-order chi connectivity index (χ0) is 20.4. The summed E-state index contributed by atoms with van der Waals surface area (Å²) in [5.41, 5.74) is 9.63. The van der Waals surface area contributed by atoms with Gasteiger partial charge in [0.15, 0.2) is 0 Å². The summed E-state index contributed by atoms with van der Waals surface area (Å²) in [5, 5.41) is 0. The standard InChI is InChI=1S/C23H30N4O2/c1-3-29-15-21(28)27-13-18-12-26(11-17-8-6-10-25-23(17)24)14-20(18)22(27)19-9-5-4-7-16(19)2/h4-10,18,20,22H,3,11-15H2,1-2H3,(H2,24,25)/t18-,20-,22-/m0/s1. The van der Waals surface area contributed by atoms with Crippen LogP contribution in [-0.2, 0) is 16.1 Å². The number of likely N-dealkylation sites (tertiary alicyclic amines) is 2. The second-order valence-electron chi connectivity index (χ2n) is 8.15. The summed E-state index contributed by atoms with van der Waals surface area (Å²) < 4.78 is 5.44. The van der Waals surface area contributed by atoms with E-state index in [-0.39, 0.29) is 18.6 Å². The summed E-state index contributed by atoms with van der Waals surface area (Å²) in [7, 11) is 0. The number of amides is 1. The molecule has 6 nitrogen and oxygen atoms in total. The average Bonchev–Trinajstić information content (AvgIpc) is 3.26. The van der Waals surface area contributed by atoms with Gasteiger partial charge in [-0.15, -0.1) is 0 Å². The van der Waals surface area contributed by atoms with Crippen LogP contribution in [0.15, 0.2) is 42.6 Å². The molecule has 1 aromatic carbocycles. The van der Waals surface area contributed by atoms with Crippen LogP contribution in [0, 0.1) is 18.8 Å². The lowest BCUT2D eigenvalue weighted by molar-refractivity contribution is -0.137. The number of pyridine rings is 1. The Morgan fingerprint density at radius 1 is 1.21 bits per heavy atom. The summed E-state index contributed by atoms with van der Waals surface area (Å²) in [6.45, 7) is 8.30. The maximum absolute atomic E-state index is 12.9. The lowest BCUT2D eigenvalue weighted by atomic mass is 9.87. The van der Waals surface area contributed by atoms with Gasteiger partial charge in [-0.25, -0.2) is 4.98 Å². The third kappa shape index (κ3) is 4.00. The van der Waals surface area contributed by atoms with Gasteiger partial charge in [-0.1, -0.05) is 30.3 Å². The largest absolute Gasteiger partial charge is 0.383 e. The van der Waals surface area contributed by atoms with Crippen molar-refractivity contribution in [3.8, 4) is 0 Å². The van der Waals surface area contributed by atoms with E-state index in [1.54, 1.807) is 6.20 Å². The van der Waals surface area contributed by atoms with Gasteiger partial charge in [0.25, 0.3) is 0 Å². The minimum absolute atomic E-state index is 0.0950. The number of hydrogen-bond donors (Lipinski definition) is 1. The molecule has 6 heteroatoms. The summed E-state index contributed by atoms with van der Waals surface area (Å²) in [6, 6.07) is 12.5. The molecule has 2 aromatic rings. The molecule has 0 unspecified atom stereocenters. The van der Waals surface area contributed by atoms with E-state index >= 15 is 0 Å². The van der Waals surface area contributed by atoms with E-state index in [1.807, 2.05) is 19.1 Å². The summed E-state index contributed by atoms with van der Waals surface area (Å²) in [6.07, 6.45) is 1.73. The van der Waals surface area contributed by atoms with Crippen molar-refractivity contribution in [2.24, 2.45) is 11.8 Å². The Morgan fingerprint density at radius 3 is 2.79 bits per heavy atom. The number of nitrogens with zero attached hydrogens (tertiary/aromatic N) is 3. The molecule has 2 fully saturated rings. The van der Waals surface area contributed by atoms with E-state index in [2.05, 4.69) is 46.0 Å². The second-order valence-corrected chi connectivity index (χ2v) is 8.15. The van der Waals surface area contributed by atoms with Crippen LogP contribution in [0.5, 0.6) is 0 Å². The van der Waals surface area contributed by atoms with Gasteiger partial charge in [0.1, 0.15) is 12.4 Å². The second kappa shape index (κ2) is 8.51. The van der Waals surface area contributed by atoms with E-state index in [4.69, 9.17) is 10.5 Å². The van der Waals surface area contributed by atoms with E-state index in [0.29, 0.717) is 24.3 Å². The van der Waals surface area contributed by atoms with E-state index < -0.39 is 0 Å². The molecule has 4 rings (SSSR count). The molecule has 1 amide bonds. The fourth-order valence-corrected chi connectivity index (χ4v) is 4.94. The number of carbonyl (C=O) groups excluding carboxylic acids is 1. The Labute approximate surface area is 172 Å². The third-order valence-electron chi connectivity index (χ3n) is 6.32. The predicted octanol–water partition coefficient (Wildman–Crippen LogP) is 2.64. The van der Waals surface area contributed by atoms with Crippen molar-refractivity contribution in [3.05, 3.63) is 59.3 Å². The lowest BCUT2D eigenvalue weighted by Gasteiger charge is -2.31. The lowest BCUT2D eigenvalue weighted by Crippen LogP contribution is -2.38. The van der Waals surface area contributed by atoms with Gasteiger partial charge >= 0.3 is 0 Å². The molecule has 0 spiro atoms. The highest BCUT2D eigenvalue weighted by molar-refractivity contribution is 5.78. The molecule has 29 heavy (non-hydrogen) atoms. The van der Waals surface area contributed by atoms with Crippen LogP contribution in [0.3, 0.4) is 0 Å². The molecular formula is C23H30N4O2. The van der Waals surface area contributed by atoms with Crippen molar-refractivity contribution in [2.75, 3.05) is 38.6 Å². The minimum Gasteiger partial charge on any atom is -0.383 e. The Hall–Kier alpha value is -2.44. The Morgan fingerprint density at radius 2 is 2.03 bits per heavy atom. The Bertz CT molecular complexity index is 871. The van der Waals surface area contributed by atoms with E-state index in [1.165, 1.54) is 11.1 Å². The van der Waals surface area contributed by atoms with Crippen molar-refractivity contribution in [2.45, 2.75) is 26.4 Å². The van der Waals surface area contributed by atoms with Crippen molar-refractivity contribution in [1.82, 2.24) is 14.8 Å². The molecule has 3 heterocycles. The maximum Gasteiger partial charge on any atom is 0.249 e. The molecular weight excluding hydrogens is 364 g/mol. The highest BCUT2D eigenvalue weighted by Crippen LogP contribution is 2.46. The quantitative estimate of drug-likeness (QED) is 0.816. The van der Waals surface area contributed by atoms with Crippen molar-refractivity contribution >= 4 is 11.7 Å². The number of nitrogen functional groups attached to an aromatic ring is 1. The number of nitrogens with two attached hydrogens (primary N) is 1. The molecule has 3 atom stereocenters. The molecule has 154 valence electrons. The van der Waals surface area contributed by atoms with Gasteiger partial charge in [0, 0.05) is 50.5 Å². The van der Waals surface area contributed by atoms with Gasteiger partial charge in [-0.2, -0.15) is 0 Å². The third-order valence-corrected chi connectivity index (χ3v) is 6.32. The van der Waals surface area contributed by atoms with Crippen LogP contribution in [0.1, 0.15) is 29.7 Å². The van der Waals surface area contributed by atoms with Crippen LogP contribution in [-0.4, -0.2) is 53.5 Å². The molecule has 2 N–H and O–H groups in total. The highest BCUT2D eigenvalue weighted by Gasteiger charge is 2.49. The number of carbonyl (C=O) groups is 1. The number of fused-ring (bicyclic) bond motifs is 1. The minimum atomic E-state index is 0.0950. The fourth-order valence-electron chi connectivity index (χ4n) is 4.94. The number of aromatic nitrogens is 1. The van der Waals surface area contributed by atoms with Gasteiger partial charge in [0.2, 0.25) is 5.91 Å². The number of ether oxygens (including phenoxy) is 1. The van der Waals surface area contributed by atoms with Gasteiger partial charge in [0.05, 0.1) is 6.04 Å². The number of rotatable bonds is 6. The number of benzene rings is 1. The molecule has 0 saturated carbocycles. The first-order valence-electron chi connectivity index (χ1n) is 10.4. The zero-order valence-corrected chi connectivity index (χ0v) is 17.3. The molecule has 0 radical (unpaired) electrons. The van der Waals surface area contributed by atoms with E-state index in [9.17, 15) is 4.79 Å². The zero-order valence-electron chi connectivity index (χ0n) is 17.3. The van der Waals surface area contributed by atoms with Gasteiger partial charge in [-0.3, -0.25) is 9.69 Å². The first kappa shape index (κ1) is 19.9. The van der Waals surface area contributed by atoms with E-state index in [0.717, 1.165) is 31.7 Å². The monoisotopic (exact) mass is 394 g/mol. The van der Waals surface area contributed by atoms with Crippen molar-refractivity contribution < 1.29 is 9.53 Å². The summed E-state index contributed by atoms with van der Waals surface area (Å²) in [5.74, 6) is 1.58. The topological polar surface area (TPSA) is 71.7 Å². The number of hydrogen-bond acceptors (Lipinski definition) is 5. The molecule has 0 bridgehead atoms. The first-order valence-corrected chi connectivity index (χ1v) is 10.4.